The number of nitrogens with zero attached hydrogens (tertiary/aromatic N) is 2. The van der Waals surface area contributed by atoms with E-state index in [1.54, 1.807) is 0 Å². The van der Waals surface area contributed by atoms with Gasteiger partial charge < -0.3 is 10.5 Å². The molecule has 0 saturated carbocycles. The standard InChI is InChI=1S/C12H11F2N3O/c13-7-3-8(14)5-9(4-7)17-11-1-2-18-6-10(11)12(15)16-17/h3-5H,1-2,6H2,(H2,15,16). The highest BCUT2D eigenvalue weighted by Crippen LogP contribution is 2.25. The van der Waals surface area contributed by atoms with Crippen LogP contribution in [0.5, 0.6) is 0 Å². The van der Waals surface area contributed by atoms with E-state index in [0.717, 1.165) is 17.3 Å². The Morgan fingerprint density at radius 1 is 1.22 bits per heavy atom. The van der Waals surface area contributed by atoms with E-state index in [-0.39, 0.29) is 0 Å². The van der Waals surface area contributed by atoms with Crippen LogP contribution in [-0.2, 0) is 17.8 Å². The number of rotatable bonds is 1. The van der Waals surface area contributed by atoms with Gasteiger partial charge in [-0.25, -0.2) is 13.5 Å². The van der Waals surface area contributed by atoms with E-state index in [1.807, 2.05) is 0 Å². The molecule has 4 nitrogen and oxygen atoms in total. The van der Waals surface area contributed by atoms with E-state index in [2.05, 4.69) is 5.10 Å². The van der Waals surface area contributed by atoms with Gasteiger partial charge in [-0.05, 0) is 12.1 Å². The largest absolute Gasteiger partial charge is 0.382 e. The normalized spacial score (nSPS) is 14.6. The van der Waals surface area contributed by atoms with Crippen molar-refractivity contribution in [1.29, 1.82) is 0 Å². The maximum absolute atomic E-state index is 13.2. The molecule has 1 aliphatic heterocycles. The number of aromatic nitrogens is 2. The summed E-state index contributed by atoms with van der Waals surface area (Å²) in [6.07, 6.45) is 0.623. The van der Waals surface area contributed by atoms with Crippen molar-refractivity contribution in [3.63, 3.8) is 0 Å². The lowest BCUT2D eigenvalue weighted by Crippen LogP contribution is -2.13. The van der Waals surface area contributed by atoms with E-state index < -0.39 is 11.6 Å². The fourth-order valence-electron chi connectivity index (χ4n) is 2.14. The molecule has 0 unspecified atom stereocenters. The van der Waals surface area contributed by atoms with Crippen molar-refractivity contribution >= 4 is 5.82 Å². The molecule has 0 atom stereocenters. The second kappa shape index (κ2) is 4.06. The smallest absolute Gasteiger partial charge is 0.151 e. The van der Waals surface area contributed by atoms with Crippen LogP contribution < -0.4 is 5.73 Å². The molecule has 18 heavy (non-hydrogen) atoms. The molecular formula is C12H11F2N3O. The first-order valence-electron chi connectivity index (χ1n) is 5.55. The molecule has 2 heterocycles. The number of hydrogen-bond acceptors (Lipinski definition) is 3. The molecule has 1 aromatic carbocycles. The average molecular weight is 251 g/mol. The predicted octanol–water partition coefficient (Wildman–Crippen LogP) is 1.81. The van der Waals surface area contributed by atoms with Gasteiger partial charge in [0.15, 0.2) is 5.82 Å². The summed E-state index contributed by atoms with van der Waals surface area (Å²) in [6, 6.07) is 3.28. The molecule has 0 radical (unpaired) electrons. The Bertz CT molecular complexity index is 589. The highest BCUT2D eigenvalue weighted by atomic mass is 19.1. The lowest BCUT2D eigenvalue weighted by atomic mass is 10.1. The molecule has 0 saturated heterocycles. The topological polar surface area (TPSA) is 53.1 Å². The maximum Gasteiger partial charge on any atom is 0.151 e. The van der Waals surface area contributed by atoms with Gasteiger partial charge in [-0.15, -0.1) is 0 Å². The first kappa shape index (κ1) is 11.2. The molecule has 0 aliphatic carbocycles. The SMILES string of the molecule is Nc1nn(-c2cc(F)cc(F)c2)c2c1COCC2. The Balaban J connectivity index is 2.17. The summed E-state index contributed by atoms with van der Waals surface area (Å²) >= 11 is 0. The van der Waals surface area contributed by atoms with Crippen molar-refractivity contribution in [2.75, 3.05) is 12.3 Å². The van der Waals surface area contributed by atoms with E-state index >= 15 is 0 Å². The van der Waals surface area contributed by atoms with Crippen LogP contribution in [0.4, 0.5) is 14.6 Å². The second-order valence-corrected chi connectivity index (χ2v) is 4.15. The van der Waals surface area contributed by atoms with Crippen LogP contribution in [0.2, 0.25) is 0 Å². The van der Waals surface area contributed by atoms with Gasteiger partial charge in [-0.1, -0.05) is 0 Å². The van der Waals surface area contributed by atoms with Gasteiger partial charge in [0.1, 0.15) is 11.6 Å². The van der Waals surface area contributed by atoms with E-state index in [0.29, 0.717) is 31.1 Å². The van der Waals surface area contributed by atoms with Crippen LogP contribution in [-0.4, -0.2) is 16.4 Å². The third-order valence-electron chi connectivity index (χ3n) is 2.94. The fourth-order valence-corrected chi connectivity index (χ4v) is 2.14. The van der Waals surface area contributed by atoms with Crippen LogP contribution in [0.25, 0.3) is 5.69 Å². The van der Waals surface area contributed by atoms with Crippen LogP contribution in [0.1, 0.15) is 11.3 Å². The molecule has 3 rings (SSSR count). The van der Waals surface area contributed by atoms with Crippen molar-refractivity contribution in [2.45, 2.75) is 13.0 Å². The summed E-state index contributed by atoms with van der Waals surface area (Å²) < 4.78 is 33.2. The fraction of sp³-hybridized carbons (Fsp3) is 0.250. The van der Waals surface area contributed by atoms with Crippen LogP contribution in [0, 0.1) is 11.6 Å². The highest BCUT2D eigenvalue weighted by molar-refractivity contribution is 5.47. The average Bonchev–Trinajstić information content (AvgIpc) is 2.66. The predicted molar refractivity (Wildman–Crippen MR) is 61.3 cm³/mol. The molecule has 6 heteroatoms. The number of benzene rings is 1. The molecule has 0 amide bonds. The minimum atomic E-state index is -0.639. The Morgan fingerprint density at radius 2 is 1.94 bits per heavy atom. The Kier molecular flexibility index (Phi) is 2.52. The number of nitrogen functional groups attached to an aromatic ring is 1. The zero-order chi connectivity index (χ0) is 12.7. The summed E-state index contributed by atoms with van der Waals surface area (Å²) in [6.45, 7) is 0.939. The molecule has 2 N–H and O–H groups in total. The zero-order valence-electron chi connectivity index (χ0n) is 9.49. The van der Waals surface area contributed by atoms with Gasteiger partial charge in [0.2, 0.25) is 0 Å². The Morgan fingerprint density at radius 3 is 2.67 bits per heavy atom. The Labute approximate surface area is 102 Å². The maximum atomic E-state index is 13.2. The molecule has 0 fully saturated rings. The molecule has 0 bridgehead atoms. The summed E-state index contributed by atoms with van der Waals surface area (Å²) in [5.74, 6) is -0.936. The third kappa shape index (κ3) is 1.74. The third-order valence-corrected chi connectivity index (χ3v) is 2.94. The molecule has 1 aromatic heterocycles. The van der Waals surface area contributed by atoms with Crippen molar-refractivity contribution in [2.24, 2.45) is 0 Å². The number of ether oxygens (including phenoxy) is 1. The molecular weight excluding hydrogens is 240 g/mol. The molecule has 2 aromatic rings. The van der Waals surface area contributed by atoms with Gasteiger partial charge in [-0.3, -0.25) is 0 Å². The lowest BCUT2D eigenvalue weighted by Gasteiger charge is -2.14. The summed E-state index contributed by atoms with van der Waals surface area (Å²) in [4.78, 5) is 0. The number of nitrogens with two attached hydrogens (primary N) is 1. The molecule has 94 valence electrons. The van der Waals surface area contributed by atoms with Crippen molar-refractivity contribution in [1.82, 2.24) is 9.78 Å². The summed E-state index contributed by atoms with van der Waals surface area (Å²) in [5, 5.41) is 4.13. The van der Waals surface area contributed by atoms with Gasteiger partial charge in [-0.2, -0.15) is 5.10 Å². The number of halogens is 2. The molecule has 1 aliphatic rings. The minimum Gasteiger partial charge on any atom is -0.382 e. The van der Waals surface area contributed by atoms with Gasteiger partial charge in [0, 0.05) is 18.1 Å². The van der Waals surface area contributed by atoms with Crippen LogP contribution >= 0.6 is 0 Å². The zero-order valence-corrected chi connectivity index (χ0v) is 9.49. The Hall–Kier alpha value is -1.95. The van der Waals surface area contributed by atoms with Crippen molar-refractivity contribution in [3.05, 3.63) is 41.1 Å². The van der Waals surface area contributed by atoms with Gasteiger partial charge in [0.05, 0.1) is 24.6 Å². The second-order valence-electron chi connectivity index (χ2n) is 4.15. The van der Waals surface area contributed by atoms with E-state index in [1.165, 1.54) is 16.8 Å². The first-order valence-corrected chi connectivity index (χ1v) is 5.55. The van der Waals surface area contributed by atoms with E-state index in [9.17, 15) is 8.78 Å². The van der Waals surface area contributed by atoms with Crippen LogP contribution in [0.15, 0.2) is 18.2 Å². The lowest BCUT2D eigenvalue weighted by molar-refractivity contribution is 0.110. The minimum absolute atomic E-state index is 0.336. The van der Waals surface area contributed by atoms with E-state index in [4.69, 9.17) is 10.5 Å². The van der Waals surface area contributed by atoms with Gasteiger partial charge in [0.25, 0.3) is 0 Å². The quantitative estimate of drug-likeness (QED) is 0.840. The van der Waals surface area contributed by atoms with Crippen LogP contribution in [0.3, 0.4) is 0 Å². The first-order chi connectivity index (χ1) is 8.65. The van der Waals surface area contributed by atoms with Gasteiger partial charge >= 0.3 is 0 Å². The highest BCUT2D eigenvalue weighted by Gasteiger charge is 2.21. The molecule has 0 spiro atoms. The summed E-state index contributed by atoms with van der Waals surface area (Å²) in [5.41, 5.74) is 7.76. The monoisotopic (exact) mass is 251 g/mol. The number of fused-ring (bicyclic) bond motifs is 1. The number of anilines is 1. The number of hydrogen-bond donors (Lipinski definition) is 1. The summed E-state index contributed by atoms with van der Waals surface area (Å²) in [7, 11) is 0. The van der Waals surface area contributed by atoms with Crippen molar-refractivity contribution in [3.8, 4) is 5.69 Å². The van der Waals surface area contributed by atoms with Crippen molar-refractivity contribution < 1.29 is 13.5 Å².